The van der Waals surface area contributed by atoms with Gasteiger partial charge in [0.2, 0.25) is 5.91 Å². The van der Waals surface area contributed by atoms with Crippen molar-refractivity contribution in [2.45, 2.75) is 24.1 Å². The van der Waals surface area contributed by atoms with Gasteiger partial charge in [0.15, 0.2) is 9.84 Å². The molecule has 0 bridgehead atoms. The van der Waals surface area contributed by atoms with Crippen molar-refractivity contribution >= 4 is 15.7 Å². The van der Waals surface area contributed by atoms with Gasteiger partial charge in [0.1, 0.15) is 0 Å². The van der Waals surface area contributed by atoms with Crippen molar-refractivity contribution in [2.75, 3.05) is 31.9 Å². The van der Waals surface area contributed by atoms with Crippen LogP contribution in [0.2, 0.25) is 0 Å². The van der Waals surface area contributed by atoms with Crippen LogP contribution in [-0.2, 0) is 14.6 Å². The number of amides is 1. The van der Waals surface area contributed by atoms with Crippen LogP contribution in [-0.4, -0.2) is 57.5 Å². The van der Waals surface area contributed by atoms with Crippen LogP contribution in [0.1, 0.15) is 12.8 Å². The Morgan fingerprint density at radius 3 is 2.76 bits per heavy atom. The Kier molecular flexibility index (Phi) is 4.01. The SMILES string of the molecule is O=C(NCC1CCCS1(=O)=O)C1CNCCN1. The van der Waals surface area contributed by atoms with Gasteiger partial charge in [0.25, 0.3) is 0 Å². The standard InChI is InChI=1S/C10H19N3O3S/c14-10(9-7-11-3-4-12-9)13-6-8-2-1-5-17(8,15)16/h8-9,11-12H,1-7H2,(H,13,14). The van der Waals surface area contributed by atoms with Gasteiger partial charge >= 0.3 is 0 Å². The quantitative estimate of drug-likeness (QED) is 0.560. The number of nitrogens with one attached hydrogen (secondary N) is 3. The molecule has 2 heterocycles. The molecule has 2 fully saturated rings. The van der Waals surface area contributed by atoms with Crippen molar-refractivity contribution < 1.29 is 13.2 Å². The molecule has 6 nitrogen and oxygen atoms in total. The number of hydrogen-bond acceptors (Lipinski definition) is 5. The Morgan fingerprint density at radius 1 is 1.35 bits per heavy atom. The Balaban J connectivity index is 1.79. The number of sulfone groups is 1. The van der Waals surface area contributed by atoms with E-state index in [0.29, 0.717) is 19.4 Å². The van der Waals surface area contributed by atoms with Gasteiger partial charge in [-0.15, -0.1) is 0 Å². The van der Waals surface area contributed by atoms with Gasteiger partial charge in [-0.2, -0.15) is 0 Å². The molecular weight excluding hydrogens is 242 g/mol. The Morgan fingerprint density at radius 2 is 2.18 bits per heavy atom. The summed E-state index contributed by atoms with van der Waals surface area (Å²) in [6.45, 7) is 2.48. The van der Waals surface area contributed by atoms with Gasteiger partial charge in [0.05, 0.1) is 17.0 Å². The third-order valence-electron chi connectivity index (χ3n) is 3.32. The number of rotatable bonds is 3. The summed E-state index contributed by atoms with van der Waals surface area (Å²) < 4.78 is 23.1. The summed E-state index contributed by atoms with van der Waals surface area (Å²) in [5.41, 5.74) is 0. The van der Waals surface area contributed by atoms with Crippen LogP contribution >= 0.6 is 0 Å². The van der Waals surface area contributed by atoms with E-state index in [9.17, 15) is 13.2 Å². The first kappa shape index (κ1) is 12.8. The van der Waals surface area contributed by atoms with E-state index in [0.717, 1.165) is 13.1 Å². The third-order valence-corrected chi connectivity index (χ3v) is 5.60. The molecule has 2 aliphatic rings. The van der Waals surface area contributed by atoms with Crippen LogP contribution in [0.4, 0.5) is 0 Å². The first-order chi connectivity index (χ1) is 8.09. The lowest BCUT2D eigenvalue weighted by molar-refractivity contribution is -0.123. The molecular formula is C10H19N3O3S. The molecule has 2 aliphatic heterocycles. The second kappa shape index (κ2) is 5.32. The van der Waals surface area contributed by atoms with Crippen molar-refractivity contribution in [3.05, 3.63) is 0 Å². The molecule has 0 aromatic heterocycles. The van der Waals surface area contributed by atoms with E-state index in [4.69, 9.17) is 0 Å². The van der Waals surface area contributed by atoms with Crippen molar-refractivity contribution in [1.29, 1.82) is 0 Å². The van der Waals surface area contributed by atoms with Gasteiger partial charge in [-0.25, -0.2) is 8.42 Å². The number of piperazine rings is 1. The molecule has 1 amide bonds. The summed E-state index contributed by atoms with van der Waals surface area (Å²) in [5, 5.41) is 8.55. The second-order valence-electron chi connectivity index (χ2n) is 4.59. The monoisotopic (exact) mass is 261 g/mol. The average molecular weight is 261 g/mol. The molecule has 98 valence electrons. The van der Waals surface area contributed by atoms with E-state index in [-0.39, 0.29) is 29.5 Å². The van der Waals surface area contributed by atoms with Crippen LogP contribution in [0.15, 0.2) is 0 Å². The molecule has 0 aromatic rings. The fourth-order valence-electron chi connectivity index (χ4n) is 2.26. The maximum absolute atomic E-state index is 11.8. The molecule has 2 atom stereocenters. The molecule has 0 spiro atoms. The normalized spacial score (nSPS) is 32.2. The van der Waals surface area contributed by atoms with Crippen LogP contribution in [0.3, 0.4) is 0 Å². The van der Waals surface area contributed by atoms with E-state index in [1.807, 2.05) is 0 Å². The van der Waals surface area contributed by atoms with Gasteiger partial charge < -0.3 is 16.0 Å². The van der Waals surface area contributed by atoms with Crippen LogP contribution in [0.5, 0.6) is 0 Å². The Bertz CT molecular complexity index is 376. The van der Waals surface area contributed by atoms with E-state index < -0.39 is 9.84 Å². The largest absolute Gasteiger partial charge is 0.353 e. The smallest absolute Gasteiger partial charge is 0.238 e. The highest BCUT2D eigenvalue weighted by atomic mass is 32.2. The molecule has 17 heavy (non-hydrogen) atoms. The minimum Gasteiger partial charge on any atom is -0.353 e. The summed E-state index contributed by atoms with van der Waals surface area (Å²) in [4.78, 5) is 11.8. The molecule has 7 heteroatoms. The molecule has 2 saturated heterocycles. The van der Waals surface area contributed by atoms with Crippen molar-refractivity contribution in [3.8, 4) is 0 Å². The number of carbonyl (C=O) groups excluding carboxylic acids is 1. The maximum atomic E-state index is 11.8. The highest BCUT2D eigenvalue weighted by Gasteiger charge is 2.32. The van der Waals surface area contributed by atoms with Crippen LogP contribution < -0.4 is 16.0 Å². The first-order valence-corrected chi connectivity index (χ1v) is 7.74. The van der Waals surface area contributed by atoms with Crippen molar-refractivity contribution in [3.63, 3.8) is 0 Å². The highest BCUT2D eigenvalue weighted by Crippen LogP contribution is 2.18. The van der Waals surface area contributed by atoms with E-state index in [1.165, 1.54) is 0 Å². The Labute approximate surface area is 101 Å². The summed E-state index contributed by atoms with van der Waals surface area (Å²) in [5.74, 6) is 0.149. The minimum atomic E-state index is -2.96. The molecule has 0 aromatic carbocycles. The molecule has 0 radical (unpaired) electrons. The lowest BCUT2D eigenvalue weighted by Crippen LogP contribution is -2.56. The van der Waals surface area contributed by atoms with E-state index >= 15 is 0 Å². The lowest BCUT2D eigenvalue weighted by Gasteiger charge is -2.24. The zero-order chi connectivity index (χ0) is 12.3. The average Bonchev–Trinajstić information content (AvgIpc) is 2.66. The molecule has 2 rings (SSSR count). The maximum Gasteiger partial charge on any atom is 0.238 e. The molecule has 0 aliphatic carbocycles. The molecule has 2 unspecified atom stereocenters. The van der Waals surface area contributed by atoms with E-state index in [2.05, 4.69) is 16.0 Å². The van der Waals surface area contributed by atoms with Crippen molar-refractivity contribution in [1.82, 2.24) is 16.0 Å². The van der Waals surface area contributed by atoms with Gasteiger partial charge in [-0.1, -0.05) is 0 Å². The summed E-state index contributed by atoms with van der Waals surface area (Å²) in [6.07, 6.45) is 1.38. The minimum absolute atomic E-state index is 0.112. The predicted molar refractivity (Wildman–Crippen MR) is 64.5 cm³/mol. The predicted octanol–water partition coefficient (Wildman–Crippen LogP) is -1.76. The van der Waals surface area contributed by atoms with Gasteiger partial charge in [0, 0.05) is 26.2 Å². The first-order valence-electron chi connectivity index (χ1n) is 6.03. The van der Waals surface area contributed by atoms with Crippen LogP contribution in [0.25, 0.3) is 0 Å². The summed E-state index contributed by atoms with van der Waals surface area (Å²) in [7, 11) is -2.96. The Hall–Kier alpha value is -0.660. The second-order valence-corrected chi connectivity index (χ2v) is 6.99. The van der Waals surface area contributed by atoms with Gasteiger partial charge in [-0.05, 0) is 12.8 Å². The number of carbonyl (C=O) groups is 1. The summed E-state index contributed by atoms with van der Waals surface area (Å²) >= 11 is 0. The molecule has 0 saturated carbocycles. The van der Waals surface area contributed by atoms with E-state index in [1.54, 1.807) is 0 Å². The topological polar surface area (TPSA) is 87.3 Å². The zero-order valence-corrected chi connectivity index (χ0v) is 10.6. The zero-order valence-electron chi connectivity index (χ0n) is 9.74. The molecule has 3 N–H and O–H groups in total. The fraction of sp³-hybridized carbons (Fsp3) is 0.900. The van der Waals surface area contributed by atoms with Crippen molar-refractivity contribution in [2.24, 2.45) is 0 Å². The fourth-order valence-corrected chi connectivity index (χ4v) is 4.03. The lowest BCUT2D eigenvalue weighted by atomic mass is 10.2. The van der Waals surface area contributed by atoms with Gasteiger partial charge in [-0.3, -0.25) is 4.79 Å². The summed E-state index contributed by atoms with van der Waals surface area (Å²) in [6, 6.07) is -0.243. The highest BCUT2D eigenvalue weighted by molar-refractivity contribution is 7.92. The number of hydrogen-bond donors (Lipinski definition) is 3. The third kappa shape index (κ3) is 3.17. The van der Waals surface area contributed by atoms with Crippen LogP contribution in [0, 0.1) is 0 Å².